The largest absolute Gasteiger partial charge is 0.486 e. The molecule has 1 aliphatic rings. The zero-order chi connectivity index (χ0) is 24.4. The lowest BCUT2D eigenvalue weighted by atomic mass is 10.1. The molecular weight excluding hydrogens is 467 g/mol. The Morgan fingerprint density at radius 1 is 1.09 bits per heavy atom. The Labute approximate surface area is 196 Å². The van der Waals surface area contributed by atoms with E-state index in [0.717, 1.165) is 12.1 Å². The number of nitrogens with one attached hydrogen (secondary N) is 1. The van der Waals surface area contributed by atoms with E-state index in [9.17, 15) is 18.0 Å². The van der Waals surface area contributed by atoms with Crippen LogP contribution in [0.2, 0.25) is 0 Å². The van der Waals surface area contributed by atoms with Gasteiger partial charge in [0.1, 0.15) is 18.1 Å². The van der Waals surface area contributed by atoms with Crippen molar-refractivity contribution in [1.29, 1.82) is 0 Å². The van der Waals surface area contributed by atoms with Crippen LogP contribution in [0.1, 0.15) is 27.4 Å². The van der Waals surface area contributed by atoms with E-state index in [4.69, 9.17) is 18.6 Å². The van der Waals surface area contributed by atoms with Crippen LogP contribution in [0.4, 0.5) is 18.9 Å². The van der Waals surface area contributed by atoms with Crippen LogP contribution in [0, 0.1) is 0 Å². The fourth-order valence-electron chi connectivity index (χ4n) is 3.44. The van der Waals surface area contributed by atoms with Crippen LogP contribution < -0.4 is 19.5 Å². The third-order valence-corrected chi connectivity index (χ3v) is 5.10. The van der Waals surface area contributed by atoms with Crippen LogP contribution in [0.25, 0.3) is 0 Å². The van der Waals surface area contributed by atoms with E-state index < -0.39 is 17.6 Å². The highest BCUT2D eigenvalue weighted by Gasteiger charge is 2.30. The van der Waals surface area contributed by atoms with E-state index >= 15 is 0 Å². The number of alkyl halides is 3. The lowest BCUT2D eigenvalue weighted by Crippen LogP contribution is -2.10. The second-order valence-corrected chi connectivity index (χ2v) is 7.65. The van der Waals surface area contributed by atoms with Gasteiger partial charge >= 0.3 is 6.18 Å². The van der Waals surface area contributed by atoms with E-state index in [1.165, 1.54) is 29.2 Å². The molecule has 11 heteroatoms. The number of aromatic nitrogens is 2. The van der Waals surface area contributed by atoms with E-state index in [-0.39, 0.29) is 25.7 Å². The molecule has 0 fully saturated rings. The Kier molecular flexibility index (Phi) is 5.81. The number of benzene rings is 2. The molecule has 0 saturated carbocycles. The molecule has 0 atom stereocenters. The molecule has 0 aliphatic carbocycles. The molecule has 5 rings (SSSR count). The zero-order valence-electron chi connectivity index (χ0n) is 18.0. The number of halogens is 3. The number of fused-ring (bicyclic) bond motifs is 1. The molecule has 2 aromatic carbocycles. The number of carbonyl (C=O) groups is 1. The van der Waals surface area contributed by atoms with Gasteiger partial charge in [-0.2, -0.15) is 18.3 Å². The second-order valence-electron chi connectivity index (χ2n) is 7.65. The van der Waals surface area contributed by atoms with E-state index in [2.05, 4.69) is 10.4 Å². The van der Waals surface area contributed by atoms with Crippen LogP contribution in [0.3, 0.4) is 0 Å². The Morgan fingerprint density at radius 3 is 2.80 bits per heavy atom. The van der Waals surface area contributed by atoms with Gasteiger partial charge in [-0.05, 0) is 42.0 Å². The normalized spacial score (nSPS) is 12.5. The maximum absolute atomic E-state index is 12.9. The fraction of sp³-hybridized carbons (Fsp3) is 0.167. The molecule has 2 aromatic heterocycles. The number of rotatable bonds is 7. The number of carbonyl (C=O) groups excluding carboxylic acids is 1. The standard InChI is InChI=1S/C24H18F3N3O5/c25-24(26,27)16-3-1-2-15(8-16)11-30-12-17(10-28-30)29-23(31)21-7-5-19(35-21)13-32-18-4-6-20-22(9-18)34-14-33-20/h1-10,12H,11,13-14H2,(H,29,31). The van der Waals surface area contributed by atoms with Gasteiger partial charge in [0.2, 0.25) is 6.79 Å². The van der Waals surface area contributed by atoms with Gasteiger partial charge in [-0.3, -0.25) is 9.48 Å². The van der Waals surface area contributed by atoms with Crippen LogP contribution in [-0.4, -0.2) is 22.5 Å². The van der Waals surface area contributed by atoms with Gasteiger partial charge in [0.25, 0.3) is 5.91 Å². The van der Waals surface area contributed by atoms with Crippen molar-refractivity contribution < 1.29 is 36.6 Å². The molecule has 0 radical (unpaired) electrons. The number of furan rings is 1. The maximum Gasteiger partial charge on any atom is 0.416 e. The van der Waals surface area contributed by atoms with Gasteiger partial charge in [-0.25, -0.2) is 0 Å². The molecule has 35 heavy (non-hydrogen) atoms. The molecule has 0 saturated heterocycles. The maximum atomic E-state index is 12.9. The summed E-state index contributed by atoms with van der Waals surface area (Å²) < 4.78 is 61.9. The number of anilines is 1. The summed E-state index contributed by atoms with van der Waals surface area (Å²) in [6, 6.07) is 13.3. The lowest BCUT2D eigenvalue weighted by Gasteiger charge is -2.08. The summed E-state index contributed by atoms with van der Waals surface area (Å²) in [6.07, 6.45) is -1.50. The van der Waals surface area contributed by atoms with Crippen LogP contribution in [-0.2, 0) is 19.3 Å². The van der Waals surface area contributed by atoms with Crippen molar-refractivity contribution in [3.63, 3.8) is 0 Å². The first-order chi connectivity index (χ1) is 16.8. The molecule has 1 aliphatic heterocycles. The van der Waals surface area contributed by atoms with Gasteiger partial charge in [-0.15, -0.1) is 0 Å². The van der Waals surface area contributed by atoms with Gasteiger partial charge < -0.3 is 23.9 Å². The summed E-state index contributed by atoms with van der Waals surface area (Å²) in [5, 5.41) is 6.74. The average molecular weight is 485 g/mol. The third kappa shape index (κ3) is 5.24. The summed E-state index contributed by atoms with van der Waals surface area (Å²) in [4.78, 5) is 12.5. The van der Waals surface area contributed by atoms with E-state index in [1.54, 1.807) is 30.3 Å². The van der Waals surface area contributed by atoms with Gasteiger partial charge in [-0.1, -0.05) is 12.1 Å². The van der Waals surface area contributed by atoms with Gasteiger partial charge in [0.15, 0.2) is 17.3 Å². The first kappa shape index (κ1) is 22.4. The Bertz CT molecular complexity index is 1360. The minimum Gasteiger partial charge on any atom is -0.486 e. The van der Waals surface area contributed by atoms with Crippen molar-refractivity contribution in [1.82, 2.24) is 9.78 Å². The van der Waals surface area contributed by atoms with Crippen molar-refractivity contribution in [3.05, 3.63) is 89.6 Å². The number of amides is 1. The highest BCUT2D eigenvalue weighted by molar-refractivity contribution is 6.02. The molecule has 1 amide bonds. The predicted molar refractivity (Wildman–Crippen MR) is 116 cm³/mol. The fourth-order valence-corrected chi connectivity index (χ4v) is 3.44. The number of ether oxygens (including phenoxy) is 3. The Balaban J connectivity index is 1.17. The molecule has 4 aromatic rings. The zero-order valence-corrected chi connectivity index (χ0v) is 18.0. The highest BCUT2D eigenvalue weighted by atomic mass is 19.4. The number of nitrogens with zero attached hydrogens (tertiary/aromatic N) is 2. The smallest absolute Gasteiger partial charge is 0.416 e. The van der Waals surface area contributed by atoms with Crippen LogP contribution in [0.15, 0.2) is 71.4 Å². The van der Waals surface area contributed by atoms with Crippen LogP contribution >= 0.6 is 0 Å². The summed E-state index contributed by atoms with van der Waals surface area (Å²) in [7, 11) is 0. The van der Waals surface area contributed by atoms with Crippen molar-refractivity contribution in [2.75, 3.05) is 12.1 Å². The van der Waals surface area contributed by atoms with Crippen molar-refractivity contribution in [2.45, 2.75) is 19.3 Å². The molecule has 0 unspecified atom stereocenters. The molecule has 3 heterocycles. The summed E-state index contributed by atoms with van der Waals surface area (Å²) in [5.41, 5.74) is 0.0716. The van der Waals surface area contributed by atoms with Crippen molar-refractivity contribution in [3.8, 4) is 17.2 Å². The number of hydrogen-bond donors (Lipinski definition) is 1. The van der Waals surface area contributed by atoms with E-state index in [0.29, 0.717) is 34.3 Å². The van der Waals surface area contributed by atoms with E-state index in [1.807, 2.05) is 0 Å². The average Bonchev–Trinajstić information content (AvgIpc) is 3.58. The van der Waals surface area contributed by atoms with Crippen molar-refractivity contribution >= 4 is 11.6 Å². The number of hydrogen-bond acceptors (Lipinski definition) is 6. The molecule has 8 nitrogen and oxygen atoms in total. The van der Waals surface area contributed by atoms with Crippen LogP contribution in [0.5, 0.6) is 17.2 Å². The summed E-state index contributed by atoms with van der Waals surface area (Å²) in [5.74, 6) is 1.80. The first-order valence-corrected chi connectivity index (χ1v) is 10.4. The first-order valence-electron chi connectivity index (χ1n) is 10.4. The lowest BCUT2D eigenvalue weighted by molar-refractivity contribution is -0.137. The minimum absolute atomic E-state index is 0.0694. The minimum atomic E-state index is -4.42. The Morgan fingerprint density at radius 2 is 1.94 bits per heavy atom. The molecule has 0 spiro atoms. The highest BCUT2D eigenvalue weighted by Crippen LogP contribution is 2.35. The molecular formula is C24H18F3N3O5. The van der Waals surface area contributed by atoms with Gasteiger partial charge in [0.05, 0.1) is 24.0 Å². The molecule has 1 N–H and O–H groups in total. The topological polar surface area (TPSA) is 87.8 Å². The predicted octanol–water partition coefficient (Wildman–Crippen LogP) is 5.10. The molecule has 180 valence electrons. The van der Waals surface area contributed by atoms with Crippen molar-refractivity contribution in [2.24, 2.45) is 0 Å². The van der Waals surface area contributed by atoms with Gasteiger partial charge in [0, 0.05) is 12.3 Å². The quantitative estimate of drug-likeness (QED) is 0.392. The Hall–Kier alpha value is -4.41. The third-order valence-electron chi connectivity index (χ3n) is 5.10. The summed E-state index contributed by atoms with van der Waals surface area (Å²) >= 11 is 0. The summed E-state index contributed by atoms with van der Waals surface area (Å²) in [6.45, 7) is 0.378. The molecule has 0 bridgehead atoms. The monoisotopic (exact) mass is 485 g/mol. The second kappa shape index (κ2) is 9.09. The SMILES string of the molecule is O=C(Nc1cnn(Cc2cccc(C(F)(F)F)c2)c1)c1ccc(COc2ccc3c(c2)OCO3)o1.